The van der Waals surface area contributed by atoms with Crippen molar-refractivity contribution in [1.29, 1.82) is 0 Å². The third-order valence-corrected chi connectivity index (χ3v) is 3.19. The van der Waals surface area contributed by atoms with E-state index in [4.69, 9.17) is 0 Å². The van der Waals surface area contributed by atoms with Crippen molar-refractivity contribution in [2.75, 3.05) is 5.32 Å². The highest BCUT2D eigenvalue weighted by Crippen LogP contribution is 2.13. The maximum Gasteiger partial charge on any atom is 0.293 e. The van der Waals surface area contributed by atoms with E-state index in [0.29, 0.717) is 5.56 Å². The predicted octanol–water partition coefficient (Wildman–Crippen LogP) is 2.52. The molecule has 0 aliphatic rings. The Morgan fingerprint density at radius 3 is 2.57 bits per heavy atom. The molecule has 1 N–H and O–H groups in total. The minimum Gasteiger partial charge on any atom is -0.318 e. The van der Waals surface area contributed by atoms with Gasteiger partial charge in [0.2, 0.25) is 6.04 Å². The number of nitrogens with zero attached hydrogens (tertiary/aromatic N) is 1. The number of rotatable bonds is 4. The van der Waals surface area contributed by atoms with Gasteiger partial charge >= 0.3 is 0 Å². The molecule has 0 aliphatic carbocycles. The number of carbonyl (C=O) groups excluding carboxylic acids is 2. The van der Waals surface area contributed by atoms with Crippen molar-refractivity contribution < 1.29 is 18.5 Å². The second-order valence-corrected chi connectivity index (χ2v) is 4.74. The monoisotopic (exact) mass is 287 g/mol. The summed E-state index contributed by atoms with van der Waals surface area (Å²) in [4.78, 5) is 23.5. The molecule has 1 amide bonds. The van der Waals surface area contributed by atoms with Crippen molar-refractivity contribution >= 4 is 17.4 Å². The Balaban J connectivity index is 2.18. The van der Waals surface area contributed by atoms with Gasteiger partial charge < -0.3 is 5.32 Å². The minimum absolute atomic E-state index is 0.0777. The molecule has 2 rings (SSSR count). The number of halogens is 1. The summed E-state index contributed by atoms with van der Waals surface area (Å²) in [7, 11) is 0. The molecule has 5 heteroatoms. The first-order chi connectivity index (χ1) is 9.99. The standard InChI is InChI=1S/C16H15FN2O2/c1-11(19-9-5-6-13(10-19)12(2)20)16(21)18-15-8-4-3-7-14(15)17/h3-11H,1-2H3/p+1/t11-/m0/s1. The van der Waals surface area contributed by atoms with Crippen LogP contribution in [0, 0.1) is 5.82 Å². The zero-order valence-corrected chi connectivity index (χ0v) is 11.8. The summed E-state index contributed by atoms with van der Waals surface area (Å²) < 4.78 is 15.1. The number of Topliss-reactive ketones (excluding diaryl/α,β-unsaturated/α-hetero) is 1. The van der Waals surface area contributed by atoms with Crippen LogP contribution in [-0.4, -0.2) is 11.7 Å². The highest BCUT2D eigenvalue weighted by Gasteiger charge is 2.23. The second kappa shape index (κ2) is 6.26. The lowest BCUT2D eigenvalue weighted by atomic mass is 10.2. The van der Waals surface area contributed by atoms with Crippen LogP contribution in [0.1, 0.15) is 30.2 Å². The summed E-state index contributed by atoms with van der Waals surface area (Å²) in [6.45, 7) is 3.14. The summed E-state index contributed by atoms with van der Waals surface area (Å²) in [5.41, 5.74) is 0.653. The molecule has 0 bridgehead atoms. The molecule has 0 fully saturated rings. The molecule has 0 saturated carbocycles. The Kier molecular flexibility index (Phi) is 4.42. The first kappa shape index (κ1) is 14.8. The van der Waals surface area contributed by atoms with Crippen LogP contribution in [0.25, 0.3) is 0 Å². The fraction of sp³-hybridized carbons (Fsp3) is 0.188. The summed E-state index contributed by atoms with van der Waals surface area (Å²) >= 11 is 0. The number of hydrogen-bond acceptors (Lipinski definition) is 2. The molecule has 21 heavy (non-hydrogen) atoms. The van der Waals surface area contributed by atoms with Gasteiger partial charge in [-0.2, -0.15) is 4.57 Å². The summed E-state index contributed by atoms with van der Waals surface area (Å²) in [6, 6.07) is 8.79. The summed E-state index contributed by atoms with van der Waals surface area (Å²) in [5, 5.41) is 2.54. The van der Waals surface area contributed by atoms with Gasteiger partial charge in [-0.05, 0) is 25.1 Å². The van der Waals surface area contributed by atoms with Crippen molar-refractivity contribution in [3.8, 4) is 0 Å². The van der Waals surface area contributed by atoms with E-state index >= 15 is 0 Å². The average molecular weight is 287 g/mol. The Bertz CT molecular complexity index is 685. The van der Waals surface area contributed by atoms with Crippen LogP contribution >= 0.6 is 0 Å². The SMILES string of the molecule is CC(=O)c1ccc[n+]([C@@H](C)C(=O)Nc2ccccc2F)c1. The number of aromatic nitrogens is 1. The molecule has 0 radical (unpaired) electrons. The van der Waals surface area contributed by atoms with Gasteiger partial charge in [-0.3, -0.25) is 9.59 Å². The van der Waals surface area contributed by atoms with Crippen LogP contribution in [0.15, 0.2) is 48.8 Å². The number of amides is 1. The van der Waals surface area contributed by atoms with Gasteiger partial charge in [0.05, 0.1) is 11.3 Å². The van der Waals surface area contributed by atoms with E-state index in [9.17, 15) is 14.0 Å². The average Bonchev–Trinajstić information content (AvgIpc) is 2.49. The van der Waals surface area contributed by atoms with E-state index in [-0.39, 0.29) is 17.4 Å². The largest absolute Gasteiger partial charge is 0.318 e. The molecular weight excluding hydrogens is 271 g/mol. The number of ketones is 1. The number of carbonyl (C=O) groups is 2. The Hall–Kier alpha value is -2.56. The van der Waals surface area contributed by atoms with Gasteiger partial charge in [0.25, 0.3) is 5.91 Å². The lowest BCUT2D eigenvalue weighted by Crippen LogP contribution is -2.44. The van der Waals surface area contributed by atoms with Crippen LogP contribution in [0.2, 0.25) is 0 Å². The summed E-state index contributed by atoms with van der Waals surface area (Å²) in [6.07, 6.45) is 3.30. The van der Waals surface area contributed by atoms with E-state index in [1.807, 2.05) is 0 Å². The fourth-order valence-corrected chi connectivity index (χ4v) is 1.88. The van der Waals surface area contributed by atoms with E-state index in [1.165, 1.54) is 19.1 Å². The van der Waals surface area contributed by atoms with E-state index in [2.05, 4.69) is 5.32 Å². The van der Waals surface area contributed by atoms with Crippen molar-refractivity contribution in [1.82, 2.24) is 0 Å². The molecule has 0 spiro atoms. The number of benzene rings is 1. The molecule has 1 heterocycles. The zero-order chi connectivity index (χ0) is 15.4. The lowest BCUT2D eigenvalue weighted by molar-refractivity contribution is -0.705. The van der Waals surface area contributed by atoms with Gasteiger partial charge in [-0.25, -0.2) is 4.39 Å². The quantitative estimate of drug-likeness (QED) is 0.694. The first-order valence-electron chi connectivity index (χ1n) is 6.56. The summed E-state index contributed by atoms with van der Waals surface area (Å²) in [5.74, 6) is -0.919. The molecule has 0 saturated heterocycles. The maximum atomic E-state index is 13.5. The molecule has 108 valence electrons. The first-order valence-corrected chi connectivity index (χ1v) is 6.56. The van der Waals surface area contributed by atoms with Gasteiger partial charge in [0.1, 0.15) is 5.82 Å². The third-order valence-electron chi connectivity index (χ3n) is 3.19. The fourth-order valence-electron chi connectivity index (χ4n) is 1.88. The molecule has 1 aromatic carbocycles. The van der Waals surface area contributed by atoms with E-state index < -0.39 is 11.9 Å². The van der Waals surface area contributed by atoms with Crippen LogP contribution < -0.4 is 9.88 Å². The number of nitrogens with one attached hydrogen (secondary N) is 1. The van der Waals surface area contributed by atoms with E-state index in [1.54, 1.807) is 48.1 Å². The molecule has 0 aliphatic heterocycles. The number of para-hydroxylation sites is 1. The third kappa shape index (κ3) is 3.51. The van der Waals surface area contributed by atoms with Crippen molar-refractivity contribution in [3.05, 3.63) is 60.2 Å². The highest BCUT2D eigenvalue weighted by atomic mass is 19.1. The van der Waals surface area contributed by atoms with Gasteiger partial charge in [-0.1, -0.05) is 12.1 Å². The molecular formula is C16H16FN2O2+. The van der Waals surface area contributed by atoms with Gasteiger partial charge in [0.15, 0.2) is 18.2 Å². The zero-order valence-electron chi connectivity index (χ0n) is 11.8. The lowest BCUT2D eigenvalue weighted by Gasteiger charge is -2.09. The second-order valence-electron chi connectivity index (χ2n) is 4.74. The normalized spacial score (nSPS) is 11.8. The number of pyridine rings is 1. The minimum atomic E-state index is -0.566. The smallest absolute Gasteiger partial charge is 0.293 e. The van der Waals surface area contributed by atoms with Crippen LogP contribution in [0.5, 0.6) is 0 Å². The van der Waals surface area contributed by atoms with Crippen LogP contribution in [-0.2, 0) is 4.79 Å². The van der Waals surface area contributed by atoms with Gasteiger partial charge in [0, 0.05) is 13.0 Å². The van der Waals surface area contributed by atoms with Crippen molar-refractivity contribution in [2.45, 2.75) is 19.9 Å². The van der Waals surface area contributed by atoms with Crippen molar-refractivity contribution in [3.63, 3.8) is 0 Å². The predicted molar refractivity (Wildman–Crippen MR) is 76.4 cm³/mol. The molecule has 1 atom stereocenters. The number of hydrogen-bond donors (Lipinski definition) is 1. The van der Waals surface area contributed by atoms with Crippen LogP contribution in [0.4, 0.5) is 10.1 Å². The van der Waals surface area contributed by atoms with Gasteiger partial charge in [-0.15, -0.1) is 0 Å². The molecule has 0 unspecified atom stereocenters. The molecule has 2 aromatic rings. The Labute approximate surface area is 122 Å². The number of anilines is 1. The Morgan fingerprint density at radius 1 is 1.19 bits per heavy atom. The Morgan fingerprint density at radius 2 is 1.90 bits per heavy atom. The molecule has 1 aromatic heterocycles. The highest BCUT2D eigenvalue weighted by molar-refractivity contribution is 5.94. The molecule has 4 nitrogen and oxygen atoms in total. The van der Waals surface area contributed by atoms with Crippen LogP contribution in [0.3, 0.4) is 0 Å². The maximum absolute atomic E-state index is 13.5. The topological polar surface area (TPSA) is 50.0 Å². The van der Waals surface area contributed by atoms with E-state index in [0.717, 1.165) is 0 Å². The van der Waals surface area contributed by atoms with Crippen molar-refractivity contribution in [2.24, 2.45) is 0 Å².